The van der Waals surface area contributed by atoms with E-state index < -0.39 is 48.0 Å². The van der Waals surface area contributed by atoms with Crippen LogP contribution in [0, 0.1) is 17.8 Å². The van der Waals surface area contributed by atoms with Crippen molar-refractivity contribution in [3.63, 3.8) is 0 Å². The summed E-state index contributed by atoms with van der Waals surface area (Å²) in [6.45, 7) is 14.8. The van der Waals surface area contributed by atoms with E-state index in [0.29, 0.717) is 26.1 Å². The average Bonchev–Trinajstić information content (AvgIpc) is 2.92. The van der Waals surface area contributed by atoms with Gasteiger partial charge in [-0.2, -0.15) is 0 Å². The predicted octanol–water partition coefficient (Wildman–Crippen LogP) is 1.08. The van der Waals surface area contributed by atoms with E-state index in [1.807, 2.05) is 51.6 Å². The molecule has 0 aromatic rings. The van der Waals surface area contributed by atoms with Crippen LogP contribution >= 0.6 is 0 Å². The van der Waals surface area contributed by atoms with Gasteiger partial charge in [0.05, 0.1) is 30.3 Å². The fraction of sp³-hybridized carbons (Fsp3) is 0.903. The molecule has 2 aliphatic rings. The van der Waals surface area contributed by atoms with Crippen molar-refractivity contribution in [1.29, 1.82) is 0 Å². The maximum Gasteiger partial charge on any atom is 0.320 e. The molecule has 0 aromatic heterocycles. The summed E-state index contributed by atoms with van der Waals surface area (Å²) >= 11 is 0. The lowest BCUT2D eigenvalue weighted by atomic mass is 9.77. The van der Waals surface area contributed by atoms with E-state index >= 15 is 0 Å². The monoisotopic (exact) mass is 614 g/mol. The summed E-state index contributed by atoms with van der Waals surface area (Å²) in [5, 5.41) is 26.2. The van der Waals surface area contributed by atoms with Crippen LogP contribution in [0.15, 0.2) is 0 Å². The number of amides is 2. The number of ether oxygens (including phenoxy) is 3. The maximum absolute atomic E-state index is 13.4. The third-order valence-electron chi connectivity index (χ3n) is 9.00. The van der Waals surface area contributed by atoms with Crippen LogP contribution < -0.4 is 5.32 Å². The Morgan fingerprint density at radius 3 is 2.37 bits per heavy atom. The van der Waals surface area contributed by atoms with Crippen molar-refractivity contribution < 1.29 is 38.8 Å². The number of carbonyl (C=O) groups excluding carboxylic acids is 3. The molecule has 0 aliphatic carbocycles. The molecule has 2 rings (SSSR count). The Morgan fingerprint density at radius 1 is 1.16 bits per heavy atom. The summed E-state index contributed by atoms with van der Waals surface area (Å²) in [7, 11) is 5.48. The van der Waals surface area contributed by atoms with Crippen molar-refractivity contribution in [2.75, 3.05) is 53.9 Å². The maximum atomic E-state index is 13.4. The molecular formula is C31H58N4O8. The summed E-state index contributed by atoms with van der Waals surface area (Å²) in [6, 6.07) is -0.238. The SMILES string of the molecule is CCN(CC)CC(=O)O[C@H]1[C@H](C)[C@@H](O[C@@H]2O[C@H](C)C[C@H](N(C)C)[C@H]2O)[C@](C)(O)C[C@@H](C)CN(C)C(=O)CCNC(=O)[C@@H]1C. The van der Waals surface area contributed by atoms with Crippen LogP contribution in [-0.2, 0) is 28.6 Å². The summed E-state index contributed by atoms with van der Waals surface area (Å²) < 4.78 is 18.7. The van der Waals surface area contributed by atoms with Gasteiger partial charge in [0, 0.05) is 38.5 Å². The largest absolute Gasteiger partial charge is 0.460 e. The molecule has 2 fully saturated rings. The molecule has 12 heteroatoms. The van der Waals surface area contributed by atoms with E-state index in [1.165, 1.54) is 0 Å². The Bertz CT molecular complexity index is 914. The van der Waals surface area contributed by atoms with Crippen LogP contribution in [0.4, 0.5) is 0 Å². The normalized spacial score (nSPS) is 37.3. The number of nitrogens with zero attached hydrogens (tertiary/aromatic N) is 3. The van der Waals surface area contributed by atoms with Crippen LogP contribution in [0.25, 0.3) is 0 Å². The zero-order valence-corrected chi connectivity index (χ0v) is 28.0. The number of esters is 1. The molecule has 2 amide bonds. The van der Waals surface area contributed by atoms with Gasteiger partial charge in [0.15, 0.2) is 6.29 Å². The molecule has 10 atom stereocenters. The Balaban J connectivity index is 2.55. The van der Waals surface area contributed by atoms with Crippen LogP contribution in [0.3, 0.4) is 0 Å². The average molecular weight is 615 g/mol. The third-order valence-corrected chi connectivity index (χ3v) is 9.00. The zero-order valence-electron chi connectivity index (χ0n) is 28.0. The number of hydrogen-bond donors (Lipinski definition) is 3. The van der Waals surface area contributed by atoms with Gasteiger partial charge in [-0.25, -0.2) is 0 Å². The van der Waals surface area contributed by atoms with Gasteiger partial charge < -0.3 is 39.5 Å². The third kappa shape index (κ3) is 10.4. The molecular weight excluding hydrogens is 556 g/mol. The molecule has 2 aliphatic heterocycles. The highest BCUT2D eigenvalue weighted by atomic mass is 16.7. The summed E-state index contributed by atoms with van der Waals surface area (Å²) in [4.78, 5) is 44.7. The number of rotatable bonds is 8. The first-order valence-corrected chi connectivity index (χ1v) is 15.8. The Kier molecular flexibility index (Phi) is 14.3. The van der Waals surface area contributed by atoms with Gasteiger partial charge in [0.2, 0.25) is 11.8 Å². The Hall–Kier alpha value is -1.83. The lowest BCUT2D eigenvalue weighted by Gasteiger charge is -2.47. The van der Waals surface area contributed by atoms with E-state index in [4.69, 9.17) is 14.2 Å². The number of aliphatic hydroxyl groups excluding tert-OH is 1. The molecule has 0 unspecified atom stereocenters. The van der Waals surface area contributed by atoms with Gasteiger partial charge >= 0.3 is 5.97 Å². The van der Waals surface area contributed by atoms with Crippen LogP contribution in [0.2, 0.25) is 0 Å². The predicted molar refractivity (Wildman–Crippen MR) is 163 cm³/mol. The van der Waals surface area contributed by atoms with Gasteiger partial charge in [-0.1, -0.05) is 34.6 Å². The van der Waals surface area contributed by atoms with Crippen molar-refractivity contribution in [3.8, 4) is 0 Å². The Labute approximate surface area is 258 Å². The second kappa shape index (κ2) is 16.5. The smallest absolute Gasteiger partial charge is 0.320 e. The first-order valence-electron chi connectivity index (χ1n) is 15.8. The topological polar surface area (TPSA) is 141 Å². The molecule has 2 heterocycles. The first kappa shape index (κ1) is 37.4. The van der Waals surface area contributed by atoms with Crippen LogP contribution in [0.5, 0.6) is 0 Å². The molecule has 2 saturated heterocycles. The van der Waals surface area contributed by atoms with Gasteiger partial charge in [0.1, 0.15) is 12.2 Å². The minimum atomic E-state index is -1.51. The minimum absolute atomic E-state index is 0.0524. The van der Waals surface area contributed by atoms with E-state index in [1.54, 1.807) is 32.7 Å². The van der Waals surface area contributed by atoms with E-state index in [9.17, 15) is 24.6 Å². The highest BCUT2D eigenvalue weighted by Gasteiger charge is 2.49. The second-order valence-corrected chi connectivity index (χ2v) is 13.2. The first-order chi connectivity index (χ1) is 20.0. The molecule has 43 heavy (non-hydrogen) atoms. The van der Waals surface area contributed by atoms with Crippen LogP contribution in [0.1, 0.15) is 67.7 Å². The van der Waals surface area contributed by atoms with Gasteiger partial charge in [-0.05, 0) is 59.8 Å². The fourth-order valence-corrected chi connectivity index (χ4v) is 6.54. The van der Waals surface area contributed by atoms with Crippen molar-refractivity contribution in [1.82, 2.24) is 20.0 Å². The molecule has 0 radical (unpaired) electrons. The number of nitrogens with one attached hydrogen (secondary N) is 1. The standard InChI is InChI=1S/C31H58N4O8/c1-11-35(12-2)18-25(37)42-27-21(5)28(43-30-26(38)23(33(8)9)15-20(4)41-30)31(7,40)16-19(3)17-34(10)24(36)13-14-32-29(39)22(27)6/h19-23,26-28,30,38,40H,11-18H2,1-10H3,(H,32,39)/t19-,20-,21+,22-,23+,26-,27+,28-,30+,31-/m1/s1. The van der Waals surface area contributed by atoms with Crippen molar-refractivity contribution in [3.05, 3.63) is 0 Å². The lowest BCUT2D eigenvalue weighted by Crippen LogP contribution is -2.59. The number of aliphatic hydroxyl groups is 2. The highest BCUT2D eigenvalue weighted by molar-refractivity contribution is 5.81. The van der Waals surface area contributed by atoms with E-state index in [0.717, 1.165) is 0 Å². The summed E-state index contributed by atoms with van der Waals surface area (Å²) in [6.07, 6.45) is -3.29. The van der Waals surface area contributed by atoms with Crippen LogP contribution in [-0.4, -0.2) is 139 Å². The number of likely N-dealkylation sites (N-methyl/N-ethyl adjacent to an activating group) is 2. The second-order valence-electron chi connectivity index (χ2n) is 13.2. The van der Waals surface area contributed by atoms with Gasteiger partial charge in [-0.3, -0.25) is 19.3 Å². The van der Waals surface area contributed by atoms with Crippen molar-refractivity contribution in [2.45, 2.75) is 110 Å². The quantitative estimate of drug-likeness (QED) is 0.340. The summed E-state index contributed by atoms with van der Waals surface area (Å²) in [5.41, 5.74) is -1.51. The molecule has 0 saturated carbocycles. The number of carbonyl (C=O) groups is 3. The highest BCUT2D eigenvalue weighted by Crippen LogP contribution is 2.36. The lowest BCUT2D eigenvalue weighted by molar-refractivity contribution is -0.299. The molecule has 0 aromatic carbocycles. The fourth-order valence-electron chi connectivity index (χ4n) is 6.54. The number of hydrogen-bond acceptors (Lipinski definition) is 10. The minimum Gasteiger partial charge on any atom is -0.460 e. The van der Waals surface area contributed by atoms with Crippen molar-refractivity contribution >= 4 is 17.8 Å². The summed E-state index contributed by atoms with van der Waals surface area (Å²) in [5.74, 6) is -2.61. The van der Waals surface area contributed by atoms with Gasteiger partial charge in [-0.15, -0.1) is 0 Å². The molecule has 12 nitrogen and oxygen atoms in total. The zero-order chi connectivity index (χ0) is 32.6. The molecule has 0 bridgehead atoms. The van der Waals surface area contributed by atoms with Gasteiger partial charge in [0.25, 0.3) is 0 Å². The molecule has 3 N–H and O–H groups in total. The van der Waals surface area contributed by atoms with E-state index in [-0.39, 0.29) is 55.8 Å². The van der Waals surface area contributed by atoms with Crippen molar-refractivity contribution in [2.24, 2.45) is 17.8 Å². The molecule has 0 spiro atoms. The Morgan fingerprint density at radius 2 is 1.79 bits per heavy atom. The molecule has 250 valence electrons. The van der Waals surface area contributed by atoms with E-state index in [2.05, 4.69) is 5.32 Å².